The van der Waals surface area contributed by atoms with E-state index in [1.54, 1.807) is 49.8 Å². The van der Waals surface area contributed by atoms with E-state index in [0.717, 1.165) is 11.1 Å². The van der Waals surface area contributed by atoms with Crippen LogP contribution in [0.4, 0.5) is 0 Å². The van der Waals surface area contributed by atoms with E-state index in [9.17, 15) is 8.42 Å². The number of rotatable bonds is 5. The molecule has 0 saturated heterocycles. The maximum Gasteiger partial charge on any atom is 0.243 e. The van der Waals surface area contributed by atoms with Crippen LogP contribution in [-0.2, 0) is 23.1 Å². The van der Waals surface area contributed by atoms with E-state index in [2.05, 4.69) is 4.98 Å². The van der Waals surface area contributed by atoms with Crippen molar-refractivity contribution in [2.45, 2.75) is 18.0 Å². The fourth-order valence-corrected chi connectivity index (χ4v) is 3.08. The summed E-state index contributed by atoms with van der Waals surface area (Å²) in [5.41, 5.74) is 7.18. The molecule has 1 heterocycles. The van der Waals surface area contributed by atoms with Gasteiger partial charge in [-0.15, -0.1) is 0 Å². The van der Waals surface area contributed by atoms with Gasteiger partial charge in [-0.3, -0.25) is 4.98 Å². The van der Waals surface area contributed by atoms with E-state index in [1.165, 1.54) is 4.31 Å². The smallest absolute Gasteiger partial charge is 0.243 e. The summed E-state index contributed by atoms with van der Waals surface area (Å²) in [5.74, 6) is 0. The van der Waals surface area contributed by atoms with Crippen LogP contribution < -0.4 is 5.73 Å². The molecule has 0 unspecified atom stereocenters. The van der Waals surface area contributed by atoms with Gasteiger partial charge in [-0.25, -0.2) is 8.42 Å². The molecule has 0 aliphatic carbocycles. The van der Waals surface area contributed by atoms with Crippen molar-refractivity contribution in [1.82, 2.24) is 9.29 Å². The predicted octanol–water partition coefficient (Wildman–Crippen LogP) is 1.36. The van der Waals surface area contributed by atoms with Crippen LogP contribution in [0, 0.1) is 0 Å². The van der Waals surface area contributed by atoms with Crippen molar-refractivity contribution in [3.8, 4) is 0 Å². The highest BCUT2D eigenvalue weighted by Gasteiger charge is 2.21. The lowest BCUT2D eigenvalue weighted by molar-refractivity contribution is 0.466. The first-order valence-corrected chi connectivity index (χ1v) is 7.62. The van der Waals surface area contributed by atoms with Crippen molar-refractivity contribution >= 4 is 10.0 Å². The van der Waals surface area contributed by atoms with E-state index in [0.29, 0.717) is 6.54 Å². The Labute approximate surface area is 119 Å². The summed E-state index contributed by atoms with van der Waals surface area (Å²) in [6.45, 7) is 0.596. The number of benzene rings is 1. The lowest BCUT2D eigenvalue weighted by Crippen LogP contribution is -2.26. The second-order valence-corrected chi connectivity index (χ2v) is 6.52. The molecule has 0 bridgehead atoms. The molecule has 106 valence electrons. The number of aromatic nitrogens is 1. The quantitative estimate of drug-likeness (QED) is 0.902. The van der Waals surface area contributed by atoms with E-state index < -0.39 is 10.0 Å². The Morgan fingerprint density at radius 2 is 1.95 bits per heavy atom. The van der Waals surface area contributed by atoms with Crippen LogP contribution >= 0.6 is 0 Å². The average molecular weight is 291 g/mol. The molecule has 0 fully saturated rings. The van der Waals surface area contributed by atoms with Crippen LogP contribution in [-0.4, -0.2) is 24.8 Å². The van der Waals surface area contributed by atoms with Gasteiger partial charge < -0.3 is 5.73 Å². The third-order valence-electron chi connectivity index (χ3n) is 2.97. The second-order valence-electron chi connectivity index (χ2n) is 4.47. The van der Waals surface area contributed by atoms with Crippen LogP contribution in [0.5, 0.6) is 0 Å². The molecule has 0 amide bonds. The average Bonchev–Trinajstić information content (AvgIpc) is 2.48. The third kappa shape index (κ3) is 3.22. The topological polar surface area (TPSA) is 76.3 Å². The Balaban J connectivity index is 2.25. The number of sulfonamides is 1. The molecule has 0 saturated carbocycles. The largest absolute Gasteiger partial charge is 0.326 e. The van der Waals surface area contributed by atoms with Gasteiger partial charge in [-0.1, -0.05) is 18.2 Å². The zero-order valence-corrected chi connectivity index (χ0v) is 12.0. The van der Waals surface area contributed by atoms with Crippen LogP contribution in [0.25, 0.3) is 0 Å². The Bertz CT molecular complexity index is 672. The SMILES string of the molecule is CN(Cc1cccnc1)S(=O)(=O)c1cccc(CN)c1. The standard InChI is InChI=1S/C14H17N3O2S/c1-17(11-13-5-3-7-16-10-13)20(18,19)14-6-2-4-12(8-14)9-15/h2-8,10H,9,11,15H2,1H3. The van der Waals surface area contributed by atoms with Gasteiger partial charge >= 0.3 is 0 Å². The highest BCUT2D eigenvalue weighted by molar-refractivity contribution is 7.89. The van der Waals surface area contributed by atoms with E-state index >= 15 is 0 Å². The van der Waals surface area contributed by atoms with E-state index in [1.807, 2.05) is 6.07 Å². The maximum absolute atomic E-state index is 12.5. The zero-order chi connectivity index (χ0) is 14.6. The number of pyridine rings is 1. The number of nitrogens with zero attached hydrogens (tertiary/aromatic N) is 2. The molecule has 1 aromatic heterocycles. The summed E-state index contributed by atoms with van der Waals surface area (Å²) in [6, 6.07) is 10.3. The first-order chi connectivity index (χ1) is 9.54. The first-order valence-electron chi connectivity index (χ1n) is 6.18. The van der Waals surface area contributed by atoms with Crippen molar-refractivity contribution < 1.29 is 8.42 Å². The molecule has 0 aliphatic rings. The van der Waals surface area contributed by atoms with Crippen LogP contribution in [0.3, 0.4) is 0 Å². The zero-order valence-electron chi connectivity index (χ0n) is 11.2. The summed E-state index contributed by atoms with van der Waals surface area (Å²) >= 11 is 0. The van der Waals surface area contributed by atoms with Gasteiger partial charge in [0.2, 0.25) is 10.0 Å². The van der Waals surface area contributed by atoms with Crippen molar-refractivity contribution in [2.75, 3.05) is 7.05 Å². The van der Waals surface area contributed by atoms with Crippen molar-refractivity contribution in [2.24, 2.45) is 5.73 Å². The fraction of sp³-hybridized carbons (Fsp3) is 0.214. The minimum atomic E-state index is -3.52. The fourth-order valence-electron chi connectivity index (χ4n) is 1.85. The molecule has 1 aromatic carbocycles. The molecule has 0 atom stereocenters. The molecule has 6 heteroatoms. The van der Waals surface area contributed by atoms with Gasteiger partial charge in [0.1, 0.15) is 0 Å². The van der Waals surface area contributed by atoms with Gasteiger partial charge in [0.25, 0.3) is 0 Å². The Morgan fingerprint density at radius 3 is 2.60 bits per heavy atom. The Hall–Kier alpha value is -1.76. The lowest BCUT2D eigenvalue weighted by Gasteiger charge is -2.17. The summed E-state index contributed by atoms with van der Waals surface area (Å²) in [5, 5.41) is 0. The number of hydrogen-bond acceptors (Lipinski definition) is 4. The molecule has 2 aromatic rings. The minimum absolute atomic E-state index is 0.256. The highest BCUT2D eigenvalue weighted by atomic mass is 32.2. The van der Waals surface area contributed by atoms with E-state index in [4.69, 9.17) is 5.73 Å². The molecule has 0 radical (unpaired) electrons. The van der Waals surface area contributed by atoms with Gasteiger partial charge in [-0.05, 0) is 29.3 Å². The molecule has 20 heavy (non-hydrogen) atoms. The monoisotopic (exact) mass is 291 g/mol. The molecule has 5 nitrogen and oxygen atoms in total. The molecule has 0 spiro atoms. The second kappa shape index (κ2) is 6.13. The van der Waals surface area contributed by atoms with Crippen LogP contribution in [0.1, 0.15) is 11.1 Å². The van der Waals surface area contributed by atoms with Crippen LogP contribution in [0.2, 0.25) is 0 Å². The lowest BCUT2D eigenvalue weighted by atomic mass is 10.2. The number of hydrogen-bond donors (Lipinski definition) is 1. The third-order valence-corrected chi connectivity index (χ3v) is 4.77. The molecule has 2 N–H and O–H groups in total. The van der Waals surface area contributed by atoms with Gasteiger partial charge in [0.15, 0.2) is 0 Å². The van der Waals surface area contributed by atoms with Crippen molar-refractivity contribution in [1.29, 1.82) is 0 Å². The summed E-state index contributed by atoms with van der Waals surface area (Å²) in [7, 11) is -1.97. The van der Waals surface area contributed by atoms with Crippen LogP contribution in [0.15, 0.2) is 53.7 Å². The van der Waals surface area contributed by atoms with Gasteiger partial charge in [0, 0.05) is 32.5 Å². The summed E-state index contributed by atoms with van der Waals surface area (Å²) in [6.07, 6.45) is 3.31. The Kier molecular flexibility index (Phi) is 4.49. The Morgan fingerprint density at radius 1 is 1.20 bits per heavy atom. The van der Waals surface area contributed by atoms with E-state index in [-0.39, 0.29) is 11.4 Å². The molecule has 2 rings (SSSR count). The maximum atomic E-state index is 12.5. The molecular weight excluding hydrogens is 274 g/mol. The van der Waals surface area contributed by atoms with Gasteiger partial charge in [-0.2, -0.15) is 4.31 Å². The summed E-state index contributed by atoms with van der Waals surface area (Å²) in [4.78, 5) is 4.24. The normalized spacial score (nSPS) is 11.8. The first kappa shape index (κ1) is 14.6. The van der Waals surface area contributed by atoms with Gasteiger partial charge in [0.05, 0.1) is 4.90 Å². The van der Waals surface area contributed by atoms with Crippen molar-refractivity contribution in [3.05, 3.63) is 59.9 Å². The predicted molar refractivity (Wildman–Crippen MR) is 77.2 cm³/mol. The minimum Gasteiger partial charge on any atom is -0.326 e. The molecular formula is C14H17N3O2S. The highest BCUT2D eigenvalue weighted by Crippen LogP contribution is 2.17. The summed E-state index contributed by atoms with van der Waals surface area (Å²) < 4.78 is 26.2. The van der Waals surface area contributed by atoms with Crippen molar-refractivity contribution in [3.63, 3.8) is 0 Å². The molecule has 0 aliphatic heterocycles. The number of nitrogens with two attached hydrogens (primary N) is 1.